The number of likely N-dealkylation sites (tertiary alicyclic amines) is 1. The van der Waals surface area contributed by atoms with Crippen LogP contribution in [-0.4, -0.2) is 61.6 Å². The van der Waals surface area contributed by atoms with Crippen molar-refractivity contribution in [2.24, 2.45) is 30.4 Å². The number of primary amides is 1. The zero-order chi connectivity index (χ0) is 31.7. The van der Waals surface area contributed by atoms with Gasteiger partial charge in [-0.05, 0) is 79.5 Å². The summed E-state index contributed by atoms with van der Waals surface area (Å²) >= 11 is 0. The third kappa shape index (κ3) is 4.75. The van der Waals surface area contributed by atoms with Crippen LogP contribution in [0, 0.1) is 11.8 Å². The zero-order valence-electron chi connectivity index (χ0n) is 26.0. The fraction of sp³-hybridized carbons (Fsp3) is 0.333. The number of ether oxygens (including phenoxy) is 1. The first-order valence-corrected chi connectivity index (χ1v) is 16.0. The van der Waals surface area contributed by atoms with E-state index in [1.54, 1.807) is 13.2 Å². The summed E-state index contributed by atoms with van der Waals surface area (Å²) in [6, 6.07) is 18.1. The van der Waals surface area contributed by atoms with Gasteiger partial charge in [-0.25, -0.2) is 9.97 Å². The maximum absolute atomic E-state index is 13.7. The summed E-state index contributed by atoms with van der Waals surface area (Å²) in [6.07, 6.45) is 7.51. The molecule has 2 saturated carbocycles. The van der Waals surface area contributed by atoms with Gasteiger partial charge in [0.1, 0.15) is 16.9 Å². The summed E-state index contributed by atoms with van der Waals surface area (Å²) in [5.74, 6) is 1.92. The Hall–Kier alpha value is -4.96. The third-order valence-corrected chi connectivity index (χ3v) is 10.1. The van der Waals surface area contributed by atoms with Crippen molar-refractivity contribution in [1.29, 1.82) is 0 Å². The number of carbonyl (C=O) groups is 2. The first-order chi connectivity index (χ1) is 22.3. The van der Waals surface area contributed by atoms with E-state index in [0.717, 1.165) is 69.8 Å². The molecule has 234 valence electrons. The average molecular weight is 616 g/mol. The van der Waals surface area contributed by atoms with Crippen molar-refractivity contribution in [2.45, 2.75) is 44.3 Å². The molecule has 2 aromatic carbocycles. The van der Waals surface area contributed by atoms with Gasteiger partial charge in [-0.1, -0.05) is 24.3 Å². The number of benzene rings is 2. The maximum atomic E-state index is 13.7. The van der Waals surface area contributed by atoms with E-state index in [2.05, 4.69) is 21.3 Å². The number of hydrogen-bond acceptors (Lipinski definition) is 6. The van der Waals surface area contributed by atoms with Crippen LogP contribution >= 0.6 is 0 Å². The van der Waals surface area contributed by atoms with Gasteiger partial charge in [0.15, 0.2) is 5.82 Å². The summed E-state index contributed by atoms with van der Waals surface area (Å²) in [5, 5.41) is 1.04. The molecule has 4 N–H and O–H groups in total. The minimum atomic E-state index is -0.477. The fourth-order valence-corrected chi connectivity index (χ4v) is 7.43. The van der Waals surface area contributed by atoms with E-state index in [0.29, 0.717) is 29.7 Å². The van der Waals surface area contributed by atoms with E-state index in [4.69, 9.17) is 26.2 Å². The molecule has 3 fully saturated rings. The number of aryl methyl sites for hydroxylation is 1. The maximum Gasteiger partial charge on any atom is 0.254 e. The van der Waals surface area contributed by atoms with Crippen LogP contribution in [-0.2, 0) is 18.4 Å². The summed E-state index contributed by atoms with van der Waals surface area (Å²) in [7, 11) is 3.64. The standard InChI is InChI=1S/C36H37N7O3/c1-41-33-27(15-25(17-30(33)46-2)36(45)43-19-24-11-13-28(43)32(24)38)40-35(41)29-16-23-10-12-26(39-34(23)42(29)18-21-3-4-21)22-8-5-20(6-9-22)7-14-31(37)44/h5-10,12,14-17,21,24,28,32H,3-4,11,13,18-19,38H2,1-2H3,(H2,37,44)/b14-7+/t24?,28?,32-/m1/s1. The highest BCUT2D eigenvalue weighted by Gasteiger charge is 2.47. The topological polar surface area (TPSA) is 134 Å². The highest BCUT2D eigenvalue weighted by Crippen LogP contribution is 2.40. The van der Waals surface area contributed by atoms with Crippen LogP contribution in [0.4, 0.5) is 0 Å². The van der Waals surface area contributed by atoms with Crippen molar-refractivity contribution < 1.29 is 14.3 Å². The number of carbonyl (C=O) groups excluding carboxylic acids is 2. The molecule has 2 unspecified atom stereocenters. The Kier molecular flexibility index (Phi) is 6.72. The predicted octanol–water partition coefficient (Wildman–Crippen LogP) is 4.74. The number of methoxy groups -OCH3 is 1. The lowest BCUT2D eigenvalue weighted by molar-refractivity contribution is -0.113. The molecule has 2 amide bonds. The number of fused-ring (bicyclic) bond motifs is 4. The predicted molar refractivity (Wildman–Crippen MR) is 178 cm³/mol. The molecule has 3 aromatic heterocycles. The summed E-state index contributed by atoms with van der Waals surface area (Å²) in [6.45, 7) is 1.57. The molecule has 5 aromatic rings. The average Bonchev–Trinajstić information content (AvgIpc) is 3.47. The van der Waals surface area contributed by atoms with Crippen molar-refractivity contribution in [3.63, 3.8) is 0 Å². The largest absolute Gasteiger partial charge is 0.494 e. The molecule has 2 aliphatic carbocycles. The van der Waals surface area contributed by atoms with Crippen molar-refractivity contribution in [3.8, 4) is 28.5 Å². The lowest BCUT2D eigenvalue weighted by Gasteiger charge is -2.27. The second-order valence-electron chi connectivity index (χ2n) is 13.0. The van der Waals surface area contributed by atoms with Crippen molar-refractivity contribution in [1.82, 2.24) is 24.0 Å². The number of hydrogen-bond donors (Lipinski definition) is 2. The molecule has 10 heteroatoms. The van der Waals surface area contributed by atoms with Crippen LogP contribution in [0.5, 0.6) is 5.75 Å². The first kappa shape index (κ1) is 28.5. The number of pyridine rings is 1. The molecular weight excluding hydrogens is 578 g/mol. The normalized spacial score (nSPS) is 20.8. The van der Waals surface area contributed by atoms with Crippen molar-refractivity contribution in [3.05, 3.63) is 71.8 Å². The minimum Gasteiger partial charge on any atom is -0.494 e. The SMILES string of the molecule is COc1cc(C(=O)N2CC3CCC2[C@@H]3N)cc2nc(-c3cc4ccc(-c5ccc(/C=C/C(N)=O)cc5)nc4n3CC3CC3)n(C)c12. The summed E-state index contributed by atoms with van der Waals surface area (Å²) in [5.41, 5.74) is 18.4. The number of imidazole rings is 1. The molecule has 1 saturated heterocycles. The Morgan fingerprint density at radius 2 is 1.83 bits per heavy atom. The van der Waals surface area contributed by atoms with Crippen LogP contribution in [0.2, 0.25) is 0 Å². The van der Waals surface area contributed by atoms with E-state index >= 15 is 0 Å². The highest BCUT2D eigenvalue weighted by molar-refractivity contribution is 6.00. The molecule has 0 radical (unpaired) electrons. The Morgan fingerprint density at radius 1 is 1.02 bits per heavy atom. The van der Waals surface area contributed by atoms with Crippen LogP contribution < -0.4 is 16.2 Å². The third-order valence-electron chi connectivity index (χ3n) is 10.1. The van der Waals surface area contributed by atoms with Crippen molar-refractivity contribution >= 4 is 40.0 Å². The molecule has 10 nitrogen and oxygen atoms in total. The van der Waals surface area contributed by atoms with Gasteiger partial charge in [-0.3, -0.25) is 9.59 Å². The van der Waals surface area contributed by atoms with Crippen molar-refractivity contribution in [2.75, 3.05) is 13.7 Å². The molecule has 2 bridgehead atoms. The smallest absolute Gasteiger partial charge is 0.254 e. The Bertz CT molecular complexity index is 2050. The number of nitrogens with zero attached hydrogens (tertiary/aromatic N) is 5. The van der Waals surface area contributed by atoms with Crippen LogP contribution in [0.15, 0.2) is 60.7 Å². The second kappa shape index (κ2) is 10.8. The molecular formula is C36H37N7O3. The molecule has 3 atom stereocenters. The molecule has 3 aliphatic rings. The van der Waals surface area contributed by atoms with E-state index in [-0.39, 0.29) is 18.0 Å². The Labute approximate surface area is 266 Å². The van der Waals surface area contributed by atoms with Gasteiger partial charge in [-0.2, -0.15) is 0 Å². The van der Waals surface area contributed by atoms with Gasteiger partial charge < -0.3 is 30.2 Å². The van der Waals surface area contributed by atoms with Crippen LogP contribution in [0.25, 0.3) is 50.9 Å². The van der Waals surface area contributed by atoms with Gasteiger partial charge >= 0.3 is 0 Å². The molecule has 0 spiro atoms. The highest BCUT2D eigenvalue weighted by atomic mass is 16.5. The number of amides is 2. The quantitative estimate of drug-likeness (QED) is 0.242. The summed E-state index contributed by atoms with van der Waals surface area (Å²) in [4.78, 5) is 37.1. The Morgan fingerprint density at radius 3 is 2.50 bits per heavy atom. The minimum absolute atomic E-state index is 0.00782. The second-order valence-corrected chi connectivity index (χ2v) is 13.0. The number of piperidine rings is 1. The van der Waals surface area contributed by atoms with Crippen LogP contribution in [0.3, 0.4) is 0 Å². The van der Waals surface area contributed by atoms with Gasteiger partial charge in [-0.15, -0.1) is 0 Å². The monoisotopic (exact) mass is 615 g/mol. The number of rotatable bonds is 8. The molecule has 46 heavy (non-hydrogen) atoms. The molecule has 8 rings (SSSR count). The lowest BCUT2D eigenvalue weighted by atomic mass is 10.1. The first-order valence-electron chi connectivity index (χ1n) is 16.0. The van der Waals surface area contributed by atoms with Gasteiger partial charge in [0.05, 0.1) is 24.0 Å². The van der Waals surface area contributed by atoms with E-state index in [1.165, 1.54) is 18.9 Å². The van der Waals surface area contributed by atoms with E-state index in [9.17, 15) is 9.59 Å². The van der Waals surface area contributed by atoms with Gasteiger partial charge in [0, 0.05) is 54.8 Å². The summed E-state index contributed by atoms with van der Waals surface area (Å²) < 4.78 is 10.2. The van der Waals surface area contributed by atoms with E-state index in [1.807, 2.05) is 54.4 Å². The van der Waals surface area contributed by atoms with Gasteiger partial charge in [0.25, 0.3) is 5.91 Å². The molecule has 1 aliphatic heterocycles. The number of aromatic nitrogens is 4. The fourth-order valence-electron chi connectivity index (χ4n) is 7.43. The zero-order valence-corrected chi connectivity index (χ0v) is 26.0. The number of nitrogens with two attached hydrogens (primary N) is 2. The Balaban J connectivity index is 1.19. The lowest BCUT2D eigenvalue weighted by Crippen LogP contribution is -2.41. The molecule has 4 heterocycles. The van der Waals surface area contributed by atoms with Gasteiger partial charge in [0.2, 0.25) is 5.91 Å². The van der Waals surface area contributed by atoms with E-state index < -0.39 is 5.91 Å². The van der Waals surface area contributed by atoms with Crippen LogP contribution in [0.1, 0.15) is 41.6 Å².